The molecule has 0 spiro atoms. The summed E-state index contributed by atoms with van der Waals surface area (Å²) in [7, 11) is 1.59. The van der Waals surface area contributed by atoms with Gasteiger partial charge in [0.15, 0.2) is 11.5 Å². The van der Waals surface area contributed by atoms with Crippen LogP contribution in [0.4, 0.5) is 11.5 Å². The van der Waals surface area contributed by atoms with Gasteiger partial charge in [-0.1, -0.05) is 6.07 Å². The number of pyridine rings is 1. The van der Waals surface area contributed by atoms with Crippen molar-refractivity contribution in [1.82, 2.24) is 4.98 Å². The van der Waals surface area contributed by atoms with E-state index in [-0.39, 0.29) is 12.7 Å². The Morgan fingerprint density at radius 1 is 1.07 bits per heavy atom. The Balaban J connectivity index is 1.33. The fourth-order valence-electron chi connectivity index (χ4n) is 2.76. The number of nitrogens with one attached hydrogen (secondary N) is 2. The molecular formula is C21H19N3O4. The Kier molecular flexibility index (Phi) is 4.97. The number of aromatic nitrogens is 1. The van der Waals surface area contributed by atoms with E-state index in [1.165, 1.54) is 0 Å². The molecule has 1 aliphatic heterocycles. The van der Waals surface area contributed by atoms with Gasteiger partial charge >= 0.3 is 0 Å². The number of anilines is 2. The van der Waals surface area contributed by atoms with Crippen molar-refractivity contribution in [3.05, 3.63) is 71.9 Å². The molecule has 2 N–H and O–H groups in total. The number of ether oxygens (including phenoxy) is 3. The first-order valence-corrected chi connectivity index (χ1v) is 8.75. The second-order valence-electron chi connectivity index (χ2n) is 6.16. The monoisotopic (exact) mass is 377 g/mol. The zero-order valence-corrected chi connectivity index (χ0v) is 15.3. The van der Waals surface area contributed by atoms with Crippen molar-refractivity contribution in [1.29, 1.82) is 0 Å². The van der Waals surface area contributed by atoms with Gasteiger partial charge in [0.1, 0.15) is 11.6 Å². The minimum atomic E-state index is -0.203. The summed E-state index contributed by atoms with van der Waals surface area (Å²) in [4.78, 5) is 16.6. The van der Waals surface area contributed by atoms with E-state index in [2.05, 4.69) is 15.6 Å². The van der Waals surface area contributed by atoms with Crippen LogP contribution >= 0.6 is 0 Å². The fourth-order valence-corrected chi connectivity index (χ4v) is 2.76. The average molecular weight is 377 g/mol. The van der Waals surface area contributed by atoms with E-state index in [0.717, 1.165) is 17.1 Å². The quantitative estimate of drug-likeness (QED) is 0.682. The highest BCUT2D eigenvalue weighted by molar-refractivity contribution is 6.04. The van der Waals surface area contributed by atoms with E-state index in [0.29, 0.717) is 29.4 Å². The van der Waals surface area contributed by atoms with E-state index in [1.807, 2.05) is 24.3 Å². The molecule has 0 saturated carbocycles. The Bertz CT molecular complexity index is 972. The van der Waals surface area contributed by atoms with Crippen molar-refractivity contribution < 1.29 is 19.0 Å². The highest BCUT2D eigenvalue weighted by atomic mass is 16.7. The molecule has 7 heteroatoms. The first-order valence-electron chi connectivity index (χ1n) is 8.75. The molecule has 0 aliphatic carbocycles. The maximum absolute atomic E-state index is 12.3. The lowest BCUT2D eigenvalue weighted by Gasteiger charge is -2.09. The van der Waals surface area contributed by atoms with Gasteiger partial charge < -0.3 is 24.8 Å². The van der Waals surface area contributed by atoms with Gasteiger partial charge in [-0.25, -0.2) is 4.98 Å². The molecule has 1 aromatic heterocycles. The molecule has 0 bridgehead atoms. The van der Waals surface area contributed by atoms with Crippen LogP contribution < -0.4 is 24.8 Å². The maximum Gasteiger partial charge on any atom is 0.255 e. The van der Waals surface area contributed by atoms with Gasteiger partial charge in [0, 0.05) is 12.1 Å². The zero-order valence-electron chi connectivity index (χ0n) is 15.3. The summed E-state index contributed by atoms with van der Waals surface area (Å²) >= 11 is 0. The predicted molar refractivity (Wildman–Crippen MR) is 105 cm³/mol. The topological polar surface area (TPSA) is 81.7 Å². The molecule has 0 fully saturated rings. The fraction of sp³-hybridized carbons (Fsp3) is 0.143. The van der Waals surface area contributed by atoms with Crippen molar-refractivity contribution in [2.45, 2.75) is 6.54 Å². The standard InChI is InChI=1S/C21H19N3O4/c1-26-17-6-3-15(4-7-17)21(25)24-16-5-9-20(23-12-16)22-11-14-2-8-18-19(10-14)28-13-27-18/h2-10,12H,11,13H2,1H3,(H,22,23)(H,24,25). The van der Waals surface area contributed by atoms with Crippen LogP contribution in [0, 0.1) is 0 Å². The molecule has 0 radical (unpaired) electrons. The number of methoxy groups -OCH3 is 1. The highest BCUT2D eigenvalue weighted by Crippen LogP contribution is 2.32. The van der Waals surface area contributed by atoms with Gasteiger partial charge in [-0.2, -0.15) is 0 Å². The zero-order chi connectivity index (χ0) is 19.3. The van der Waals surface area contributed by atoms with Crippen molar-refractivity contribution in [3.63, 3.8) is 0 Å². The lowest BCUT2D eigenvalue weighted by molar-refractivity contribution is 0.102. The predicted octanol–water partition coefficient (Wildman–Crippen LogP) is 3.68. The molecule has 0 saturated heterocycles. The normalized spacial score (nSPS) is 11.8. The van der Waals surface area contributed by atoms with Gasteiger partial charge in [0.25, 0.3) is 5.91 Å². The molecule has 1 aliphatic rings. The maximum atomic E-state index is 12.3. The molecule has 28 heavy (non-hydrogen) atoms. The van der Waals surface area contributed by atoms with Crippen molar-refractivity contribution in [2.24, 2.45) is 0 Å². The summed E-state index contributed by atoms with van der Waals surface area (Å²) in [6, 6.07) is 16.3. The number of rotatable bonds is 6. The number of carbonyl (C=O) groups excluding carboxylic acids is 1. The summed E-state index contributed by atoms with van der Waals surface area (Å²) in [5, 5.41) is 6.07. The lowest BCUT2D eigenvalue weighted by atomic mass is 10.2. The number of amides is 1. The Morgan fingerprint density at radius 3 is 2.64 bits per heavy atom. The van der Waals surface area contributed by atoms with E-state index >= 15 is 0 Å². The Hall–Kier alpha value is -3.74. The third-order valence-electron chi connectivity index (χ3n) is 4.28. The van der Waals surface area contributed by atoms with Crippen molar-refractivity contribution >= 4 is 17.4 Å². The second kappa shape index (κ2) is 7.87. The van der Waals surface area contributed by atoms with Crippen LogP contribution in [0.3, 0.4) is 0 Å². The molecular weight excluding hydrogens is 358 g/mol. The van der Waals surface area contributed by atoms with E-state index < -0.39 is 0 Å². The molecule has 2 aromatic carbocycles. The minimum absolute atomic E-state index is 0.203. The van der Waals surface area contributed by atoms with Crippen LogP contribution in [0.1, 0.15) is 15.9 Å². The van der Waals surface area contributed by atoms with Crippen LogP contribution in [0.25, 0.3) is 0 Å². The first-order chi connectivity index (χ1) is 13.7. The van der Waals surface area contributed by atoms with Gasteiger partial charge in [0.2, 0.25) is 6.79 Å². The SMILES string of the molecule is COc1ccc(C(=O)Nc2ccc(NCc3ccc4c(c3)OCO4)nc2)cc1. The Morgan fingerprint density at radius 2 is 1.89 bits per heavy atom. The molecule has 3 aromatic rings. The third-order valence-corrected chi connectivity index (χ3v) is 4.28. The van der Waals surface area contributed by atoms with E-state index in [1.54, 1.807) is 43.6 Å². The summed E-state index contributed by atoms with van der Waals surface area (Å²) in [5.74, 6) is 2.73. The van der Waals surface area contributed by atoms with Crippen LogP contribution in [0.15, 0.2) is 60.8 Å². The second-order valence-corrected chi connectivity index (χ2v) is 6.16. The largest absolute Gasteiger partial charge is 0.497 e. The van der Waals surface area contributed by atoms with E-state index in [4.69, 9.17) is 14.2 Å². The molecule has 142 valence electrons. The van der Waals surface area contributed by atoms with Crippen LogP contribution in [0.5, 0.6) is 17.2 Å². The summed E-state index contributed by atoms with van der Waals surface area (Å²) in [6.07, 6.45) is 1.61. The minimum Gasteiger partial charge on any atom is -0.497 e. The summed E-state index contributed by atoms with van der Waals surface area (Å²) in [5.41, 5.74) is 2.23. The summed E-state index contributed by atoms with van der Waals surface area (Å²) < 4.78 is 15.8. The average Bonchev–Trinajstić information content (AvgIpc) is 3.21. The van der Waals surface area contributed by atoms with Crippen LogP contribution in [-0.4, -0.2) is 24.8 Å². The van der Waals surface area contributed by atoms with Crippen molar-refractivity contribution in [2.75, 3.05) is 24.5 Å². The highest BCUT2D eigenvalue weighted by Gasteiger charge is 2.13. The number of fused-ring (bicyclic) bond motifs is 1. The molecule has 7 nitrogen and oxygen atoms in total. The van der Waals surface area contributed by atoms with E-state index in [9.17, 15) is 4.79 Å². The van der Waals surface area contributed by atoms with Crippen LogP contribution in [0.2, 0.25) is 0 Å². The van der Waals surface area contributed by atoms with Crippen molar-refractivity contribution in [3.8, 4) is 17.2 Å². The molecule has 0 atom stereocenters. The Labute approximate surface area is 162 Å². The molecule has 1 amide bonds. The van der Waals surface area contributed by atoms with Gasteiger partial charge in [0.05, 0.1) is 19.0 Å². The lowest BCUT2D eigenvalue weighted by Crippen LogP contribution is -2.12. The first kappa shape index (κ1) is 17.7. The molecule has 2 heterocycles. The number of hydrogen-bond acceptors (Lipinski definition) is 6. The van der Waals surface area contributed by atoms with Gasteiger partial charge in [-0.05, 0) is 54.1 Å². The summed E-state index contributed by atoms with van der Waals surface area (Å²) in [6.45, 7) is 0.860. The molecule has 4 rings (SSSR count). The molecule has 0 unspecified atom stereocenters. The number of benzene rings is 2. The van der Waals surface area contributed by atoms with Crippen LogP contribution in [-0.2, 0) is 6.54 Å². The number of carbonyl (C=O) groups is 1. The number of nitrogens with zero attached hydrogens (tertiary/aromatic N) is 1. The number of hydrogen-bond donors (Lipinski definition) is 2. The smallest absolute Gasteiger partial charge is 0.255 e. The third kappa shape index (κ3) is 3.98. The van der Waals surface area contributed by atoms with Gasteiger partial charge in [-0.3, -0.25) is 4.79 Å². The van der Waals surface area contributed by atoms with Gasteiger partial charge in [-0.15, -0.1) is 0 Å².